The number of hydrogen-bond acceptors (Lipinski definition) is 3. The van der Waals surface area contributed by atoms with Gasteiger partial charge in [0.25, 0.3) is 0 Å². The van der Waals surface area contributed by atoms with Gasteiger partial charge >= 0.3 is 0 Å². The van der Waals surface area contributed by atoms with Crippen LogP contribution in [0.5, 0.6) is 0 Å². The standard InChI is InChI=1S/C16H18Cl2N4O/c1-11-8-15(19-16(23)10-21-6-2-3-7-21)20-22(11)14-5-4-12(17)9-13(14)18/h4-5,8-9H,2-3,6-7,10H2,1H3,(H,19,20,23). The molecule has 23 heavy (non-hydrogen) atoms. The summed E-state index contributed by atoms with van der Waals surface area (Å²) in [6.45, 7) is 4.30. The molecular weight excluding hydrogens is 335 g/mol. The molecule has 1 saturated heterocycles. The lowest BCUT2D eigenvalue weighted by atomic mass is 10.3. The number of aromatic nitrogens is 2. The molecule has 0 aliphatic carbocycles. The third-order valence-corrected chi connectivity index (χ3v) is 4.40. The van der Waals surface area contributed by atoms with Gasteiger partial charge in [0.05, 0.1) is 17.3 Å². The molecule has 5 nitrogen and oxygen atoms in total. The molecule has 0 spiro atoms. The van der Waals surface area contributed by atoms with Crippen LogP contribution in [-0.4, -0.2) is 40.2 Å². The monoisotopic (exact) mass is 352 g/mol. The number of likely N-dealkylation sites (tertiary alicyclic amines) is 1. The minimum Gasteiger partial charge on any atom is -0.308 e. The Labute approximate surface area is 145 Å². The predicted octanol–water partition coefficient (Wildman–Crippen LogP) is 3.52. The second kappa shape index (κ2) is 6.91. The second-order valence-corrected chi connectivity index (χ2v) is 6.55. The van der Waals surface area contributed by atoms with Crippen LogP contribution < -0.4 is 5.32 Å². The second-order valence-electron chi connectivity index (χ2n) is 5.71. The van der Waals surface area contributed by atoms with E-state index >= 15 is 0 Å². The lowest BCUT2D eigenvalue weighted by Gasteiger charge is -2.13. The highest BCUT2D eigenvalue weighted by Crippen LogP contribution is 2.26. The van der Waals surface area contributed by atoms with E-state index in [2.05, 4.69) is 15.3 Å². The first kappa shape index (κ1) is 16.3. The number of carbonyl (C=O) groups excluding carboxylic acids is 1. The third kappa shape index (κ3) is 3.86. The van der Waals surface area contributed by atoms with Gasteiger partial charge in [-0.15, -0.1) is 5.10 Å². The van der Waals surface area contributed by atoms with Gasteiger partial charge in [-0.2, -0.15) is 0 Å². The van der Waals surface area contributed by atoms with Crippen LogP contribution in [0.25, 0.3) is 5.69 Å². The minimum atomic E-state index is -0.0428. The van der Waals surface area contributed by atoms with Gasteiger partial charge in [-0.3, -0.25) is 9.69 Å². The fourth-order valence-electron chi connectivity index (χ4n) is 2.76. The fraction of sp³-hybridized carbons (Fsp3) is 0.375. The first-order valence-corrected chi connectivity index (χ1v) is 8.33. The van der Waals surface area contributed by atoms with Gasteiger partial charge in [0, 0.05) is 16.8 Å². The SMILES string of the molecule is Cc1cc(NC(=O)CN2CCCC2)nn1-c1ccc(Cl)cc1Cl. The number of benzene rings is 1. The molecule has 0 bridgehead atoms. The van der Waals surface area contributed by atoms with E-state index in [4.69, 9.17) is 23.2 Å². The van der Waals surface area contributed by atoms with Gasteiger partial charge in [-0.1, -0.05) is 23.2 Å². The van der Waals surface area contributed by atoms with Crippen LogP contribution in [0.1, 0.15) is 18.5 Å². The summed E-state index contributed by atoms with van der Waals surface area (Å²) in [6, 6.07) is 7.06. The third-order valence-electron chi connectivity index (χ3n) is 3.86. The van der Waals surface area contributed by atoms with Gasteiger partial charge in [-0.25, -0.2) is 4.68 Å². The van der Waals surface area contributed by atoms with E-state index in [1.165, 1.54) is 0 Å². The van der Waals surface area contributed by atoms with Crippen LogP contribution in [0, 0.1) is 6.92 Å². The average Bonchev–Trinajstić information content (AvgIpc) is 3.09. The molecule has 1 N–H and O–H groups in total. The molecule has 0 unspecified atom stereocenters. The first-order valence-electron chi connectivity index (χ1n) is 7.57. The zero-order valence-electron chi connectivity index (χ0n) is 12.9. The largest absolute Gasteiger partial charge is 0.308 e. The van der Waals surface area contributed by atoms with Crippen LogP contribution in [-0.2, 0) is 4.79 Å². The van der Waals surface area contributed by atoms with Crippen molar-refractivity contribution in [3.05, 3.63) is 40.0 Å². The van der Waals surface area contributed by atoms with E-state index in [9.17, 15) is 4.79 Å². The first-order chi connectivity index (χ1) is 11.0. The maximum absolute atomic E-state index is 12.1. The highest BCUT2D eigenvalue weighted by Gasteiger charge is 2.16. The number of amides is 1. The molecule has 2 aromatic rings. The maximum Gasteiger partial charge on any atom is 0.239 e. The number of carbonyl (C=O) groups is 1. The highest BCUT2D eigenvalue weighted by molar-refractivity contribution is 6.35. The predicted molar refractivity (Wildman–Crippen MR) is 92.6 cm³/mol. The Morgan fingerprint density at radius 2 is 2.00 bits per heavy atom. The number of halogens is 2. The van der Waals surface area contributed by atoms with Gasteiger partial charge in [0.2, 0.25) is 5.91 Å². The summed E-state index contributed by atoms with van der Waals surface area (Å²) in [4.78, 5) is 14.2. The molecular formula is C16H18Cl2N4O. The van der Waals surface area contributed by atoms with E-state index < -0.39 is 0 Å². The quantitative estimate of drug-likeness (QED) is 0.915. The number of rotatable bonds is 4. The zero-order chi connectivity index (χ0) is 16.4. The van der Waals surface area contributed by atoms with Crippen molar-refractivity contribution in [1.82, 2.24) is 14.7 Å². The van der Waals surface area contributed by atoms with E-state index in [1.807, 2.05) is 13.0 Å². The lowest BCUT2D eigenvalue weighted by molar-refractivity contribution is -0.117. The molecule has 1 fully saturated rings. The van der Waals surface area contributed by atoms with Gasteiger partial charge in [0.15, 0.2) is 5.82 Å². The summed E-state index contributed by atoms with van der Waals surface area (Å²) < 4.78 is 1.70. The van der Waals surface area contributed by atoms with Crippen LogP contribution in [0.3, 0.4) is 0 Å². The van der Waals surface area contributed by atoms with E-state index in [-0.39, 0.29) is 5.91 Å². The Morgan fingerprint density at radius 1 is 1.26 bits per heavy atom. The van der Waals surface area contributed by atoms with E-state index in [0.29, 0.717) is 22.4 Å². The molecule has 1 aliphatic rings. The topological polar surface area (TPSA) is 50.2 Å². The van der Waals surface area contributed by atoms with Crippen molar-refractivity contribution in [3.63, 3.8) is 0 Å². The molecule has 0 radical (unpaired) electrons. The Bertz CT molecular complexity index is 723. The van der Waals surface area contributed by atoms with Crippen LogP contribution in [0.2, 0.25) is 10.0 Å². The van der Waals surface area contributed by atoms with Gasteiger partial charge in [-0.05, 0) is 51.1 Å². The molecule has 1 aromatic heterocycles. The summed E-state index contributed by atoms with van der Waals surface area (Å²) in [7, 11) is 0. The normalized spacial score (nSPS) is 15.1. The summed E-state index contributed by atoms with van der Waals surface area (Å²) in [5.74, 6) is 0.483. The van der Waals surface area contributed by atoms with Gasteiger partial charge in [0.1, 0.15) is 0 Å². The summed E-state index contributed by atoms with van der Waals surface area (Å²) in [5.41, 5.74) is 1.61. The smallest absolute Gasteiger partial charge is 0.239 e. The van der Waals surface area contributed by atoms with E-state index in [0.717, 1.165) is 37.3 Å². The van der Waals surface area contributed by atoms with E-state index in [1.54, 1.807) is 22.9 Å². The molecule has 122 valence electrons. The fourth-order valence-corrected chi connectivity index (χ4v) is 3.25. The molecule has 7 heteroatoms. The molecule has 0 saturated carbocycles. The van der Waals surface area contributed by atoms with Crippen LogP contribution >= 0.6 is 23.2 Å². The minimum absolute atomic E-state index is 0.0428. The van der Waals surface area contributed by atoms with Crippen molar-refractivity contribution in [2.24, 2.45) is 0 Å². The average molecular weight is 353 g/mol. The van der Waals surface area contributed by atoms with Crippen molar-refractivity contribution in [1.29, 1.82) is 0 Å². The lowest BCUT2D eigenvalue weighted by Crippen LogP contribution is -2.31. The van der Waals surface area contributed by atoms with Crippen molar-refractivity contribution in [2.45, 2.75) is 19.8 Å². The summed E-state index contributed by atoms with van der Waals surface area (Å²) in [6.07, 6.45) is 2.33. The molecule has 1 aromatic carbocycles. The summed E-state index contributed by atoms with van der Waals surface area (Å²) >= 11 is 12.1. The number of aryl methyl sites for hydroxylation is 1. The summed E-state index contributed by atoms with van der Waals surface area (Å²) in [5, 5.41) is 8.36. The molecule has 1 amide bonds. The molecule has 0 atom stereocenters. The molecule has 2 heterocycles. The van der Waals surface area contributed by atoms with Crippen molar-refractivity contribution < 1.29 is 4.79 Å². The van der Waals surface area contributed by atoms with Crippen LogP contribution in [0.4, 0.5) is 5.82 Å². The number of nitrogens with one attached hydrogen (secondary N) is 1. The van der Waals surface area contributed by atoms with Crippen LogP contribution in [0.15, 0.2) is 24.3 Å². The van der Waals surface area contributed by atoms with Crippen molar-refractivity contribution in [3.8, 4) is 5.69 Å². The Balaban J connectivity index is 1.74. The zero-order valence-corrected chi connectivity index (χ0v) is 14.4. The van der Waals surface area contributed by atoms with Crippen molar-refractivity contribution >= 4 is 34.9 Å². The number of anilines is 1. The maximum atomic E-state index is 12.1. The highest BCUT2D eigenvalue weighted by atomic mass is 35.5. The number of hydrogen-bond donors (Lipinski definition) is 1. The van der Waals surface area contributed by atoms with Gasteiger partial charge < -0.3 is 5.32 Å². The number of nitrogens with zero attached hydrogens (tertiary/aromatic N) is 3. The van der Waals surface area contributed by atoms with Crippen molar-refractivity contribution in [2.75, 3.05) is 25.0 Å². The Hall–Kier alpha value is -1.56. The molecule has 3 rings (SSSR count). The Morgan fingerprint density at radius 3 is 2.70 bits per heavy atom. The molecule has 1 aliphatic heterocycles. The Kier molecular flexibility index (Phi) is 4.90.